The maximum absolute atomic E-state index is 13.4. The first-order valence-electron chi connectivity index (χ1n) is 9.59. The molecule has 30 heavy (non-hydrogen) atoms. The zero-order chi connectivity index (χ0) is 21.3. The molecule has 7 nitrogen and oxygen atoms in total. The van der Waals surface area contributed by atoms with Crippen LogP contribution in [0.1, 0.15) is 15.9 Å². The SMILES string of the molecule is Cc1cc(F)ccc1C(=O)C1CN(c2nc(-c3ccncc3)cc(=O)n2C)CCO1. The first-order valence-corrected chi connectivity index (χ1v) is 9.59. The van der Waals surface area contributed by atoms with Gasteiger partial charge in [0.05, 0.1) is 18.8 Å². The molecular weight excluding hydrogens is 387 g/mol. The highest BCUT2D eigenvalue weighted by atomic mass is 19.1. The fourth-order valence-electron chi connectivity index (χ4n) is 3.55. The van der Waals surface area contributed by atoms with Gasteiger partial charge >= 0.3 is 0 Å². The lowest BCUT2D eigenvalue weighted by Crippen LogP contribution is -2.48. The van der Waals surface area contributed by atoms with Crippen molar-refractivity contribution in [1.29, 1.82) is 0 Å². The van der Waals surface area contributed by atoms with Crippen LogP contribution in [-0.4, -0.2) is 46.1 Å². The van der Waals surface area contributed by atoms with E-state index in [0.29, 0.717) is 35.9 Å². The van der Waals surface area contributed by atoms with Gasteiger partial charge in [0.25, 0.3) is 5.56 Å². The summed E-state index contributed by atoms with van der Waals surface area (Å²) in [5.41, 5.74) is 2.11. The molecular formula is C22H21FN4O3. The van der Waals surface area contributed by atoms with Crippen LogP contribution in [0.4, 0.5) is 10.3 Å². The number of hydrogen-bond acceptors (Lipinski definition) is 6. The van der Waals surface area contributed by atoms with Crippen LogP contribution in [0.25, 0.3) is 11.3 Å². The fraction of sp³-hybridized carbons (Fsp3) is 0.273. The maximum Gasteiger partial charge on any atom is 0.255 e. The van der Waals surface area contributed by atoms with Crippen LogP contribution >= 0.6 is 0 Å². The normalized spacial score (nSPS) is 16.5. The number of nitrogens with zero attached hydrogens (tertiary/aromatic N) is 4. The van der Waals surface area contributed by atoms with Crippen molar-refractivity contribution in [3.05, 3.63) is 76.1 Å². The minimum Gasteiger partial charge on any atom is -0.366 e. The average molecular weight is 408 g/mol. The number of aryl methyl sites for hydroxylation is 1. The van der Waals surface area contributed by atoms with Gasteiger partial charge < -0.3 is 9.64 Å². The molecule has 1 fully saturated rings. The van der Waals surface area contributed by atoms with E-state index in [2.05, 4.69) is 9.97 Å². The van der Waals surface area contributed by atoms with Gasteiger partial charge in [0.15, 0.2) is 5.78 Å². The summed E-state index contributed by atoms with van der Waals surface area (Å²) in [6.45, 7) is 2.74. The predicted octanol–water partition coefficient (Wildman–Crippen LogP) is 2.38. The Bertz CT molecular complexity index is 1150. The lowest BCUT2D eigenvalue weighted by molar-refractivity contribution is 0.0336. The number of carbonyl (C=O) groups excluding carboxylic acids is 1. The molecule has 0 spiro atoms. The molecule has 1 aromatic carbocycles. The molecule has 3 aromatic rings. The zero-order valence-electron chi connectivity index (χ0n) is 16.7. The lowest BCUT2D eigenvalue weighted by atomic mass is 10.00. The summed E-state index contributed by atoms with van der Waals surface area (Å²) in [5.74, 6) is -0.138. The number of rotatable bonds is 4. The monoisotopic (exact) mass is 408 g/mol. The van der Waals surface area contributed by atoms with Crippen molar-refractivity contribution >= 4 is 11.7 Å². The van der Waals surface area contributed by atoms with Crippen LogP contribution in [0.2, 0.25) is 0 Å². The van der Waals surface area contributed by atoms with Crippen molar-refractivity contribution < 1.29 is 13.9 Å². The van der Waals surface area contributed by atoms with E-state index in [4.69, 9.17) is 4.74 Å². The second kappa shape index (κ2) is 8.16. The highest BCUT2D eigenvalue weighted by molar-refractivity contribution is 6.01. The Labute approximate surface area is 172 Å². The van der Waals surface area contributed by atoms with E-state index in [0.717, 1.165) is 5.56 Å². The first-order chi connectivity index (χ1) is 14.4. The van der Waals surface area contributed by atoms with Gasteiger partial charge in [0.1, 0.15) is 11.9 Å². The molecule has 1 aliphatic rings. The van der Waals surface area contributed by atoms with E-state index in [1.165, 1.54) is 28.8 Å². The summed E-state index contributed by atoms with van der Waals surface area (Å²) >= 11 is 0. The molecule has 3 heterocycles. The third kappa shape index (κ3) is 3.86. The molecule has 1 saturated heterocycles. The van der Waals surface area contributed by atoms with Gasteiger partial charge in [-0.2, -0.15) is 0 Å². The Kier molecular flexibility index (Phi) is 5.41. The number of ketones is 1. The Morgan fingerprint density at radius 3 is 2.70 bits per heavy atom. The van der Waals surface area contributed by atoms with Gasteiger partial charge in [-0.05, 0) is 42.8 Å². The number of morpholine rings is 1. The van der Waals surface area contributed by atoms with Gasteiger partial charge in [-0.1, -0.05) is 0 Å². The largest absolute Gasteiger partial charge is 0.366 e. The third-order valence-electron chi connectivity index (χ3n) is 5.18. The number of hydrogen-bond donors (Lipinski definition) is 0. The maximum atomic E-state index is 13.4. The molecule has 1 atom stereocenters. The van der Waals surface area contributed by atoms with Gasteiger partial charge in [-0.3, -0.25) is 19.1 Å². The Morgan fingerprint density at radius 2 is 1.97 bits per heavy atom. The quantitative estimate of drug-likeness (QED) is 0.617. The third-order valence-corrected chi connectivity index (χ3v) is 5.18. The Balaban J connectivity index is 1.64. The standard InChI is InChI=1S/C22H21FN4O3/c1-14-11-16(23)3-4-17(14)21(29)19-13-27(9-10-30-19)22-25-18(12-20(28)26(22)2)15-5-7-24-8-6-15/h3-8,11-12,19H,9-10,13H2,1-2H3. The highest BCUT2D eigenvalue weighted by Crippen LogP contribution is 2.22. The first kappa shape index (κ1) is 19.9. The van der Waals surface area contributed by atoms with Crippen molar-refractivity contribution in [1.82, 2.24) is 14.5 Å². The second-order valence-corrected chi connectivity index (χ2v) is 7.20. The zero-order valence-corrected chi connectivity index (χ0v) is 16.7. The number of Topliss-reactive ketones (excluding diaryl/α,β-unsaturated/α-hetero) is 1. The van der Waals surface area contributed by atoms with Gasteiger partial charge in [-0.25, -0.2) is 9.37 Å². The summed E-state index contributed by atoms with van der Waals surface area (Å²) in [4.78, 5) is 36.1. The number of carbonyl (C=O) groups is 1. The molecule has 8 heteroatoms. The Hall–Kier alpha value is -3.39. The average Bonchev–Trinajstić information content (AvgIpc) is 2.76. The molecule has 0 amide bonds. The molecule has 0 radical (unpaired) electrons. The van der Waals surface area contributed by atoms with Crippen molar-refractivity contribution in [2.45, 2.75) is 13.0 Å². The highest BCUT2D eigenvalue weighted by Gasteiger charge is 2.30. The van der Waals surface area contributed by atoms with E-state index in [-0.39, 0.29) is 23.7 Å². The van der Waals surface area contributed by atoms with Crippen LogP contribution in [-0.2, 0) is 11.8 Å². The molecule has 2 aromatic heterocycles. The number of aromatic nitrogens is 3. The summed E-state index contributed by atoms with van der Waals surface area (Å²) < 4.78 is 20.6. The molecule has 1 unspecified atom stereocenters. The smallest absolute Gasteiger partial charge is 0.255 e. The van der Waals surface area contributed by atoms with E-state index in [9.17, 15) is 14.0 Å². The molecule has 0 N–H and O–H groups in total. The summed E-state index contributed by atoms with van der Waals surface area (Å²) in [6, 6.07) is 9.13. The molecule has 0 saturated carbocycles. The molecule has 0 aliphatic carbocycles. The summed E-state index contributed by atoms with van der Waals surface area (Å²) in [6.07, 6.45) is 2.55. The van der Waals surface area contributed by atoms with Crippen LogP contribution < -0.4 is 10.5 Å². The van der Waals surface area contributed by atoms with E-state index < -0.39 is 6.10 Å². The van der Waals surface area contributed by atoms with E-state index in [1.54, 1.807) is 38.5 Å². The van der Waals surface area contributed by atoms with Crippen molar-refractivity contribution in [3.8, 4) is 11.3 Å². The molecule has 154 valence electrons. The number of pyridine rings is 1. The predicted molar refractivity (Wildman–Crippen MR) is 110 cm³/mol. The number of anilines is 1. The number of halogens is 1. The minimum atomic E-state index is -0.732. The van der Waals surface area contributed by atoms with Crippen LogP contribution in [0.5, 0.6) is 0 Å². The molecule has 4 rings (SSSR count). The van der Waals surface area contributed by atoms with Crippen molar-refractivity contribution in [3.63, 3.8) is 0 Å². The second-order valence-electron chi connectivity index (χ2n) is 7.20. The fourth-order valence-corrected chi connectivity index (χ4v) is 3.55. The van der Waals surface area contributed by atoms with Gasteiger partial charge in [-0.15, -0.1) is 0 Å². The van der Waals surface area contributed by atoms with Crippen LogP contribution in [0.15, 0.2) is 53.6 Å². The summed E-state index contributed by atoms with van der Waals surface area (Å²) in [5, 5.41) is 0. The summed E-state index contributed by atoms with van der Waals surface area (Å²) in [7, 11) is 1.65. The molecule has 1 aliphatic heterocycles. The number of benzene rings is 1. The number of ether oxygens (including phenoxy) is 1. The van der Waals surface area contributed by atoms with Crippen LogP contribution in [0, 0.1) is 12.7 Å². The van der Waals surface area contributed by atoms with Crippen molar-refractivity contribution in [2.75, 3.05) is 24.6 Å². The van der Waals surface area contributed by atoms with E-state index >= 15 is 0 Å². The van der Waals surface area contributed by atoms with Gasteiger partial charge in [0.2, 0.25) is 5.95 Å². The topological polar surface area (TPSA) is 77.3 Å². The Morgan fingerprint density at radius 1 is 1.20 bits per heavy atom. The van der Waals surface area contributed by atoms with Crippen molar-refractivity contribution in [2.24, 2.45) is 7.05 Å². The van der Waals surface area contributed by atoms with Gasteiger partial charge in [0, 0.05) is 43.2 Å². The minimum absolute atomic E-state index is 0.199. The lowest BCUT2D eigenvalue weighted by Gasteiger charge is -2.34. The van der Waals surface area contributed by atoms with E-state index in [1.807, 2.05) is 4.90 Å². The van der Waals surface area contributed by atoms with Crippen LogP contribution in [0.3, 0.4) is 0 Å². The molecule has 0 bridgehead atoms.